The van der Waals surface area contributed by atoms with E-state index in [0.717, 1.165) is 80.3 Å². The SMILES string of the molecule is CCCCC(CC)c1nc2n(n1)C(=O)C(C#N)=C(C)/C2=N/c1sc(N(CCCC)CCCC)nc1C(C)(C)C. The molecular formula is C30H45N7OS. The van der Waals surface area contributed by atoms with Crippen LogP contribution in [0, 0.1) is 11.3 Å². The molecule has 0 bridgehead atoms. The van der Waals surface area contributed by atoms with Crippen LogP contribution in [0.4, 0.5) is 10.1 Å². The second kappa shape index (κ2) is 13.5. The summed E-state index contributed by atoms with van der Waals surface area (Å²) in [4.78, 5) is 30.7. The number of nitrogens with zero attached hydrogens (tertiary/aromatic N) is 7. The van der Waals surface area contributed by atoms with E-state index >= 15 is 0 Å². The number of unbranched alkanes of at least 4 members (excludes halogenated alkanes) is 3. The maximum absolute atomic E-state index is 13.2. The number of aliphatic imine (C=N–C) groups is 1. The topological polar surface area (TPSA) is 100 Å². The molecule has 2 aromatic heterocycles. The summed E-state index contributed by atoms with van der Waals surface area (Å²) < 4.78 is 1.29. The highest BCUT2D eigenvalue weighted by Crippen LogP contribution is 2.41. The van der Waals surface area contributed by atoms with Crippen LogP contribution in [0.3, 0.4) is 0 Å². The van der Waals surface area contributed by atoms with Gasteiger partial charge in [0.15, 0.2) is 16.8 Å². The van der Waals surface area contributed by atoms with Crippen molar-refractivity contribution in [3.8, 4) is 6.07 Å². The van der Waals surface area contributed by atoms with Gasteiger partial charge >= 0.3 is 0 Å². The molecule has 0 saturated carbocycles. The second-order valence-electron chi connectivity index (χ2n) is 11.4. The summed E-state index contributed by atoms with van der Waals surface area (Å²) in [5.41, 5.74) is 1.82. The van der Waals surface area contributed by atoms with Crippen molar-refractivity contribution in [1.82, 2.24) is 19.7 Å². The van der Waals surface area contributed by atoms with Crippen molar-refractivity contribution in [2.24, 2.45) is 4.99 Å². The van der Waals surface area contributed by atoms with E-state index in [4.69, 9.17) is 15.0 Å². The largest absolute Gasteiger partial charge is 0.348 e. The smallest absolute Gasteiger partial charge is 0.291 e. The molecule has 0 radical (unpaired) electrons. The van der Waals surface area contributed by atoms with Crippen molar-refractivity contribution < 1.29 is 4.79 Å². The third-order valence-corrected chi connectivity index (χ3v) is 8.21. The number of hydrogen-bond acceptors (Lipinski definition) is 8. The Labute approximate surface area is 238 Å². The molecule has 0 N–H and O–H groups in total. The number of nitriles is 1. The summed E-state index contributed by atoms with van der Waals surface area (Å²) >= 11 is 1.58. The highest BCUT2D eigenvalue weighted by atomic mass is 32.1. The molecule has 8 nitrogen and oxygen atoms in total. The Hall–Kier alpha value is -2.86. The normalized spacial score (nSPS) is 15.6. The van der Waals surface area contributed by atoms with E-state index in [9.17, 15) is 10.1 Å². The molecular weight excluding hydrogens is 506 g/mol. The average molecular weight is 552 g/mol. The van der Waals surface area contributed by atoms with Crippen LogP contribution in [0.5, 0.6) is 0 Å². The van der Waals surface area contributed by atoms with Gasteiger partial charge in [-0.2, -0.15) is 9.94 Å². The standard InChI is InChI=1S/C30H45N7OS/c1-9-13-16-21(12-4)25-34-26-23(20(5)22(19-31)28(38)37(26)35-25)32-27-24(30(6,7)8)33-29(39-27)36(17-14-10-2)18-15-11-3/h21H,9-18H2,1-8H3/b32-23-. The minimum absolute atomic E-state index is 0.0638. The molecule has 0 amide bonds. The monoisotopic (exact) mass is 551 g/mol. The molecule has 1 aliphatic heterocycles. The Balaban J connectivity index is 2.19. The van der Waals surface area contributed by atoms with Crippen LogP contribution in [0.2, 0.25) is 0 Å². The van der Waals surface area contributed by atoms with Crippen LogP contribution < -0.4 is 4.90 Å². The Morgan fingerprint density at radius 2 is 1.69 bits per heavy atom. The van der Waals surface area contributed by atoms with Gasteiger partial charge in [0.25, 0.3) is 5.91 Å². The zero-order valence-corrected chi connectivity index (χ0v) is 25.9. The molecule has 2 aromatic rings. The van der Waals surface area contributed by atoms with Crippen LogP contribution in [-0.4, -0.2) is 44.5 Å². The lowest BCUT2D eigenvalue weighted by Crippen LogP contribution is -2.28. The van der Waals surface area contributed by atoms with Crippen LogP contribution in [0.15, 0.2) is 16.1 Å². The van der Waals surface area contributed by atoms with Crippen molar-refractivity contribution >= 4 is 33.1 Å². The first-order valence-corrected chi connectivity index (χ1v) is 15.4. The molecule has 0 spiro atoms. The van der Waals surface area contributed by atoms with E-state index in [1.165, 1.54) is 4.68 Å². The van der Waals surface area contributed by atoms with E-state index < -0.39 is 5.91 Å². The zero-order chi connectivity index (χ0) is 28.7. The molecule has 1 atom stereocenters. The van der Waals surface area contributed by atoms with Crippen molar-refractivity contribution in [3.05, 3.63) is 28.5 Å². The second-order valence-corrected chi connectivity index (χ2v) is 12.4. The lowest BCUT2D eigenvalue weighted by atomic mass is 9.92. The third kappa shape index (κ3) is 6.84. The molecule has 0 fully saturated rings. The fourth-order valence-electron chi connectivity index (χ4n) is 4.68. The molecule has 3 heterocycles. The van der Waals surface area contributed by atoms with Crippen molar-refractivity contribution in [3.63, 3.8) is 0 Å². The highest BCUT2D eigenvalue weighted by Gasteiger charge is 2.34. The predicted molar refractivity (Wildman–Crippen MR) is 161 cm³/mol. The Morgan fingerprint density at radius 3 is 2.23 bits per heavy atom. The summed E-state index contributed by atoms with van der Waals surface area (Å²) in [6.07, 6.45) is 8.48. The number of anilines is 1. The summed E-state index contributed by atoms with van der Waals surface area (Å²) in [7, 11) is 0. The number of hydrogen-bond donors (Lipinski definition) is 0. The predicted octanol–water partition coefficient (Wildman–Crippen LogP) is 7.74. The van der Waals surface area contributed by atoms with E-state index in [1.54, 1.807) is 18.3 Å². The quantitative estimate of drug-likeness (QED) is 0.252. The summed E-state index contributed by atoms with van der Waals surface area (Å²) in [5.74, 6) is 0.804. The van der Waals surface area contributed by atoms with Crippen molar-refractivity contribution in [2.45, 2.75) is 118 Å². The van der Waals surface area contributed by atoms with E-state index in [1.807, 2.05) is 0 Å². The molecule has 1 aliphatic rings. The van der Waals surface area contributed by atoms with Gasteiger partial charge < -0.3 is 4.90 Å². The Bertz CT molecular complexity index is 1250. The number of allylic oxidation sites excluding steroid dienone is 2. The summed E-state index contributed by atoms with van der Waals surface area (Å²) in [5, 5.41) is 16.3. The van der Waals surface area contributed by atoms with E-state index in [0.29, 0.717) is 22.9 Å². The van der Waals surface area contributed by atoms with Gasteiger partial charge in [0.05, 0.1) is 5.69 Å². The van der Waals surface area contributed by atoms with Gasteiger partial charge in [0.1, 0.15) is 22.4 Å². The number of carbonyl (C=O) groups excluding carboxylic acids is 1. The number of aromatic nitrogens is 4. The van der Waals surface area contributed by atoms with Crippen LogP contribution in [0.1, 0.15) is 135 Å². The van der Waals surface area contributed by atoms with Gasteiger partial charge in [-0.25, -0.2) is 15.0 Å². The third-order valence-electron chi connectivity index (χ3n) is 7.20. The molecule has 0 aliphatic carbocycles. The van der Waals surface area contributed by atoms with E-state index in [-0.39, 0.29) is 16.9 Å². The molecule has 1 unspecified atom stereocenters. The fourth-order valence-corrected chi connectivity index (χ4v) is 5.89. The molecule has 212 valence electrons. The average Bonchev–Trinajstić information content (AvgIpc) is 3.53. The first kappa shape index (κ1) is 30.7. The van der Waals surface area contributed by atoms with Gasteiger partial charge in [-0.1, -0.05) is 85.5 Å². The minimum atomic E-state index is -0.431. The Morgan fingerprint density at radius 1 is 1.05 bits per heavy atom. The number of thiazole rings is 1. The van der Waals surface area contributed by atoms with Gasteiger partial charge in [0.2, 0.25) is 0 Å². The molecule has 39 heavy (non-hydrogen) atoms. The first-order chi connectivity index (χ1) is 18.6. The minimum Gasteiger partial charge on any atom is -0.348 e. The molecule has 9 heteroatoms. The van der Waals surface area contributed by atoms with Gasteiger partial charge in [0, 0.05) is 30.0 Å². The molecule has 3 rings (SSSR count). The maximum atomic E-state index is 13.2. The van der Waals surface area contributed by atoms with Gasteiger partial charge in [-0.15, -0.1) is 5.10 Å². The molecule has 0 aromatic carbocycles. The number of rotatable bonds is 13. The van der Waals surface area contributed by atoms with Gasteiger partial charge in [-0.3, -0.25) is 4.79 Å². The summed E-state index contributed by atoms with van der Waals surface area (Å²) in [6, 6.07) is 2.10. The Kier molecular flexibility index (Phi) is 10.6. The van der Waals surface area contributed by atoms with E-state index in [2.05, 4.69) is 64.5 Å². The van der Waals surface area contributed by atoms with Crippen molar-refractivity contribution in [2.75, 3.05) is 18.0 Å². The summed E-state index contributed by atoms with van der Waals surface area (Å²) in [6.45, 7) is 18.9. The number of fused-ring (bicyclic) bond motifs is 1. The van der Waals surface area contributed by atoms with Crippen molar-refractivity contribution in [1.29, 1.82) is 5.26 Å². The van der Waals surface area contributed by atoms with Gasteiger partial charge in [-0.05, 0) is 32.6 Å². The maximum Gasteiger partial charge on any atom is 0.291 e. The lowest BCUT2D eigenvalue weighted by molar-refractivity contribution is 0.0941. The molecule has 0 saturated heterocycles. The van der Waals surface area contributed by atoms with Crippen LogP contribution >= 0.6 is 11.3 Å². The highest BCUT2D eigenvalue weighted by molar-refractivity contribution is 7.19. The first-order valence-electron chi connectivity index (χ1n) is 14.6. The number of carbonyl (C=O) groups is 1. The fraction of sp³-hybridized carbons (Fsp3) is 0.667. The lowest BCUT2D eigenvalue weighted by Gasteiger charge is -2.21. The van der Waals surface area contributed by atoms with Crippen LogP contribution in [-0.2, 0) is 5.41 Å². The zero-order valence-electron chi connectivity index (χ0n) is 25.1. The van der Waals surface area contributed by atoms with Crippen LogP contribution in [0.25, 0.3) is 0 Å².